The highest BCUT2D eigenvalue weighted by molar-refractivity contribution is 5.96. The lowest BCUT2D eigenvalue weighted by atomic mass is 9.81. The molecule has 1 aromatic heterocycles. The van der Waals surface area contributed by atoms with Gasteiger partial charge in [0, 0.05) is 43.5 Å². The zero-order valence-electron chi connectivity index (χ0n) is 19.7. The van der Waals surface area contributed by atoms with Crippen LogP contribution in [0.1, 0.15) is 53.1 Å². The van der Waals surface area contributed by atoms with Crippen LogP contribution in [0.4, 0.5) is 13.2 Å². The predicted octanol–water partition coefficient (Wildman–Crippen LogP) is 1.35. The fourth-order valence-corrected chi connectivity index (χ4v) is 4.91. The van der Waals surface area contributed by atoms with E-state index in [1.54, 1.807) is 13.2 Å². The van der Waals surface area contributed by atoms with Crippen molar-refractivity contribution in [3.63, 3.8) is 0 Å². The average molecular weight is 508 g/mol. The van der Waals surface area contributed by atoms with Crippen LogP contribution in [0.5, 0.6) is 0 Å². The van der Waals surface area contributed by atoms with Crippen molar-refractivity contribution in [2.75, 3.05) is 19.6 Å². The van der Waals surface area contributed by atoms with Gasteiger partial charge < -0.3 is 15.2 Å². The number of benzene rings is 1. The van der Waals surface area contributed by atoms with E-state index in [0.29, 0.717) is 24.7 Å². The third-order valence-corrected chi connectivity index (χ3v) is 6.93. The summed E-state index contributed by atoms with van der Waals surface area (Å²) in [5.41, 5.74) is -1.21. The summed E-state index contributed by atoms with van der Waals surface area (Å²) >= 11 is 0. The number of amides is 2. The normalized spacial score (nSPS) is 21.0. The highest BCUT2D eigenvalue weighted by Gasteiger charge is 2.36. The van der Waals surface area contributed by atoms with Crippen molar-refractivity contribution in [3.05, 3.63) is 68.0 Å². The molecule has 36 heavy (non-hydrogen) atoms. The minimum Gasteiger partial charge on any atom is -0.349 e. The highest BCUT2D eigenvalue weighted by Crippen LogP contribution is 2.34. The van der Waals surface area contributed by atoms with Crippen LogP contribution in [0.2, 0.25) is 0 Å². The number of alkyl halides is 3. The van der Waals surface area contributed by atoms with Gasteiger partial charge in [-0.2, -0.15) is 13.2 Å². The van der Waals surface area contributed by atoms with E-state index in [-0.39, 0.29) is 29.6 Å². The van der Waals surface area contributed by atoms with Crippen LogP contribution in [0.25, 0.3) is 0 Å². The third kappa shape index (κ3) is 5.86. The molecule has 9 nitrogen and oxygen atoms in total. The first kappa shape index (κ1) is 25.7. The summed E-state index contributed by atoms with van der Waals surface area (Å²) < 4.78 is 39.8. The van der Waals surface area contributed by atoms with Crippen molar-refractivity contribution in [1.82, 2.24) is 25.1 Å². The molecule has 12 heteroatoms. The molecule has 1 aliphatic heterocycles. The molecule has 0 radical (unpaired) electrons. The molecule has 2 fully saturated rings. The van der Waals surface area contributed by atoms with E-state index in [4.69, 9.17) is 0 Å². The van der Waals surface area contributed by atoms with E-state index in [1.165, 1.54) is 10.6 Å². The summed E-state index contributed by atoms with van der Waals surface area (Å²) in [4.78, 5) is 52.7. The second kappa shape index (κ2) is 10.3. The van der Waals surface area contributed by atoms with Gasteiger partial charge in [-0.1, -0.05) is 6.07 Å². The van der Waals surface area contributed by atoms with E-state index < -0.39 is 29.2 Å². The predicted molar refractivity (Wildman–Crippen MR) is 125 cm³/mol. The Kier molecular flexibility index (Phi) is 7.34. The first-order valence-electron chi connectivity index (χ1n) is 11.8. The highest BCUT2D eigenvalue weighted by atomic mass is 19.4. The molecule has 194 valence electrons. The monoisotopic (exact) mass is 507 g/mol. The van der Waals surface area contributed by atoms with Crippen molar-refractivity contribution in [2.24, 2.45) is 7.05 Å². The minimum atomic E-state index is -4.55. The zero-order chi connectivity index (χ0) is 26.0. The summed E-state index contributed by atoms with van der Waals surface area (Å²) in [5.74, 6) is -1.05. The number of carbonyl (C=O) groups excluding carboxylic acids is 2. The molecule has 0 bridgehead atoms. The number of H-pyrrole nitrogens is 1. The number of carbonyl (C=O) groups is 2. The summed E-state index contributed by atoms with van der Waals surface area (Å²) in [6, 6.07) is 4.32. The van der Waals surface area contributed by atoms with E-state index in [1.807, 2.05) is 0 Å². The first-order valence-corrected chi connectivity index (χ1v) is 11.8. The van der Waals surface area contributed by atoms with Crippen molar-refractivity contribution < 1.29 is 22.8 Å². The van der Waals surface area contributed by atoms with Gasteiger partial charge >= 0.3 is 11.9 Å². The third-order valence-electron chi connectivity index (χ3n) is 6.93. The van der Waals surface area contributed by atoms with Crippen molar-refractivity contribution in [1.29, 1.82) is 0 Å². The van der Waals surface area contributed by atoms with Gasteiger partial charge in [0.25, 0.3) is 11.5 Å². The van der Waals surface area contributed by atoms with E-state index in [9.17, 15) is 32.3 Å². The van der Waals surface area contributed by atoms with Gasteiger partial charge in [0.05, 0.1) is 18.2 Å². The summed E-state index contributed by atoms with van der Waals surface area (Å²) in [7, 11) is 1.61. The number of aromatic amines is 1. The van der Waals surface area contributed by atoms with E-state index in [2.05, 4.69) is 20.5 Å². The fourth-order valence-electron chi connectivity index (χ4n) is 4.91. The van der Waals surface area contributed by atoms with Crippen molar-refractivity contribution >= 4 is 11.8 Å². The lowest BCUT2D eigenvalue weighted by molar-refractivity contribution is -0.137. The molecule has 1 aromatic carbocycles. The molecule has 2 aromatic rings. The van der Waals surface area contributed by atoms with Gasteiger partial charge in [-0.05, 0) is 49.8 Å². The lowest BCUT2D eigenvalue weighted by Crippen LogP contribution is -2.63. The number of nitrogens with one attached hydrogen (secondary N) is 3. The number of aryl methyl sites for hydroxylation is 1. The van der Waals surface area contributed by atoms with E-state index in [0.717, 1.165) is 43.9 Å². The maximum Gasteiger partial charge on any atom is 0.416 e. The molecule has 0 atom stereocenters. The van der Waals surface area contributed by atoms with Crippen LogP contribution in [-0.4, -0.2) is 58.0 Å². The van der Waals surface area contributed by atoms with Crippen LogP contribution >= 0.6 is 0 Å². The molecule has 1 aliphatic carbocycles. The molecule has 2 amide bonds. The smallest absolute Gasteiger partial charge is 0.349 e. The number of likely N-dealkylation sites (tertiary alicyclic amines) is 1. The molecule has 2 aliphatic rings. The summed E-state index contributed by atoms with van der Waals surface area (Å²) in [6.45, 7) is 1.01. The van der Waals surface area contributed by atoms with Crippen LogP contribution in [0.3, 0.4) is 0 Å². The van der Waals surface area contributed by atoms with Crippen molar-refractivity contribution in [2.45, 2.75) is 49.9 Å². The van der Waals surface area contributed by atoms with Crippen LogP contribution in [0, 0.1) is 0 Å². The van der Waals surface area contributed by atoms with Crippen LogP contribution in [0.15, 0.2) is 40.1 Å². The Balaban J connectivity index is 1.18. The first-order chi connectivity index (χ1) is 17.0. The number of hydrogen-bond acceptors (Lipinski definition) is 5. The largest absolute Gasteiger partial charge is 0.416 e. The van der Waals surface area contributed by atoms with Gasteiger partial charge in [0.1, 0.15) is 0 Å². The molecule has 3 N–H and O–H groups in total. The Hall–Kier alpha value is -3.41. The molecule has 0 unspecified atom stereocenters. The summed E-state index contributed by atoms with van der Waals surface area (Å²) in [6.07, 6.45) is 0.540. The Morgan fingerprint density at radius 3 is 2.47 bits per heavy atom. The topological polar surface area (TPSA) is 116 Å². The molecular weight excluding hydrogens is 479 g/mol. The number of aromatic nitrogens is 2. The van der Waals surface area contributed by atoms with Gasteiger partial charge in [-0.15, -0.1) is 0 Å². The number of halogens is 3. The molecule has 1 saturated heterocycles. The Bertz CT molecular complexity index is 1240. The average Bonchev–Trinajstić information content (AvgIpc) is 2.81. The van der Waals surface area contributed by atoms with Gasteiger partial charge in [-0.25, -0.2) is 4.79 Å². The maximum atomic E-state index is 12.8. The SMILES string of the molecule is Cn1cc([C@H]2CC[C@@H](N3CC(NC(=O)CNC(=O)c4cccc(C(F)(F)F)c4)C3)CC2)c(=O)[nH]c1=O. The van der Waals surface area contributed by atoms with Gasteiger partial charge in [0.15, 0.2) is 0 Å². The molecule has 2 heterocycles. The van der Waals surface area contributed by atoms with Gasteiger partial charge in [-0.3, -0.25) is 24.3 Å². The molecule has 4 rings (SSSR count). The number of hydrogen-bond donors (Lipinski definition) is 3. The fraction of sp³-hybridized carbons (Fsp3) is 0.500. The zero-order valence-corrected chi connectivity index (χ0v) is 19.7. The second-order valence-corrected chi connectivity index (χ2v) is 9.44. The molecule has 0 spiro atoms. The Labute approximate surface area is 204 Å². The standard InChI is InChI=1S/C24H28F3N5O4/c1-31-13-19(22(35)30-23(31)36)14-5-7-18(8-6-14)32-11-17(12-32)29-20(33)10-28-21(34)15-3-2-4-16(9-15)24(25,26)27/h2-4,9,13-14,17-18H,5-8,10-12H2,1H3,(H,28,34)(H,29,33)(H,30,35,36)/t14-,18+. The lowest BCUT2D eigenvalue weighted by Gasteiger charge is -2.46. The minimum absolute atomic E-state index is 0.0628. The van der Waals surface area contributed by atoms with Crippen LogP contribution in [-0.2, 0) is 18.0 Å². The van der Waals surface area contributed by atoms with Crippen LogP contribution < -0.4 is 21.9 Å². The quantitative estimate of drug-likeness (QED) is 0.546. The Morgan fingerprint density at radius 1 is 1.11 bits per heavy atom. The van der Waals surface area contributed by atoms with Crippen molar-refractivity contribution in [3.8, 4) is 0 Å². The van der Waals surface area contributed by atoms with Gasteiger partial charge in [0.2, 0.25) is 5.91 Å². The number of rotatable bonds is 6. The van der Waals surface area contributed by atoms with E-state index >= 15 is 0 Å². The number of nitrogens with zero attached hydrogens (tertiary/aromatic N) is 2. The molecule has 1 saturated carbocycles. The Morgan fingerprint density at radius 2 is 1.81 bits per heavy atom. The maximum absolute atomic E-state index is 12.8. The summed E-state index contributed by atoms with van der Waals surface area (Å²) in [5, 5.41) is 5.18. The second-order valence-electron chi connectivity index (χ2n) is 9.44. The molecular formula is C24H28F3N5O4.